The maximum atomic E-state index is 12.9. The van der Waals surface area contributed by atoms with E-state index in [1.54, 1.807) is 7.11 Å². The molecule has 0 saturated heterocycles. The van der Waals surface area contributed by atoms with Gasteiger partial charge in [0.25, 0.3) is 0 Å². The van der Waals surface area contributed by atoms with Crippen molar-refractivity contribution in [3.8, 4) is 0 Å². The molecule has 0 aliphatic rings. The van der Waals surface area contributed by atoms with E-state index in [9.17, 15) is 9.59 Å². The fourth-order valence-electron chi connectivity index (χ4n) is 3.20. The third kappa shape index (κ3) is 5.12. The van der Waals surface area contributed by atoms with E-state index in [1.165, 1.54) is 0 Å². The lowest BCUT2D eigenvalue weighted by atomic mass is 9.89. The Labute approximate surface area is 187 Å². The predicted molar refractivity (Wildman–Crippen MR) is 126 cm³/mol. The number of benzene rings is 2. The highest BCUT2D eigenvalue weighted by molar-refractivity contribution is 6.03. The Hall–Kier alpha value is -2.34. The van der Waals surface area contributed by atoms with Gasteiger partial charge in [-0.05, 0) is 67.0 Å². The van der Waals surface area contributed by atoms with Crippen molar-refractivity contribution in [3.63, 3.8) is 0 Å². The number of ether oxygens (including phenoxy) is 1. The van der Waals surface area contributed by atoms with E-state index in [4.69, 9.17) is 4.74 Å². The molecule has 0 atom stereocenters. The van der Waals surface area contributed by atoms with E-state index >= 15 is 0 Å². The Kier molecular flexibility index (Phi) is 7.58. The van der Waals surface area contributed by atoms with Gasteiger partial charge < -0.3 is 4.74 Å². The molecule has 0 aromatic heterocycles. The van der Waals surface area contributed by atoms with E-state index in [2.05, 4.69) is 0 Å². The zero-order valence-corrected chi connectivity index (χ0v) is 20.3. The van der Waals surface area contributed by atoms with Crippen molar-refractivity contribution < 1.29 is 14.3 Å². The number of rotatable bonds is 9. The summed E-state index contributed by atoms with van der Waals surface area (Å²) in [5.74, 6) is 0.147. The number of nitrogens with zero attached hydrogens (tertiary/aromatic N) is 2. The van der Waals surface area contributed by atoms with Crippen molar-refractivity contribution in [2.75, 3.05) is 35.3 Å². The summed E-state index contributed by atoms with van der Waals surface area (Å²) in [6.45, 7) is 7.67. The normalized spacial score (nSPS) is 12.6. The highest BCUT2D eigenvalue weighted by atomic mass is 16.5. The van der Waals surface area contributed by atoms with Crippen LogP contribution in [0.1, 0.15) is 65.6 Å². The van der Waals surface area contributed by atoms with Gasteiger partial charge in [-0.2, -0.15) is 0 Å². The monoisotopic (exact) mass is 424 g/mol. The van der Waals surface area contributed by atoms with Crippen LogP contribution < -0.4 is 0 Å². The van der Waals surface area contributed by atoms with Crippen molar-refractivity contribution in [3.05, 3.63) is 70.8 Å². The van der Waals surface area contributed by atoms with Crippen LogP contribution in [0.5, 0.6) is 0 Å². The molecule has 0 radical (unpaired) electrons. The molecule has 0 unspecified atom stereocenters. The summed E-state index contributed by atoms with van der Waals surface area (Å²) in [5.41, 5.74) is 2.09. The van der Waals surface area contributed by atoms with Gasteiger partial charge in [0.2, 0.25) is 0 Å². The molecule has 0 bridgehead atoms. The van der Waals surface area contributed by atoms with Gasteiger partial charge in [-0.25, -0.2) is 0 Å². The first kappa shape index (κ1) is 24.9. The Morgan fingerprint density at radius 1 is 0.677 bits per heavy atom. The van der Waals surface area contributed by atoms with Gasteiger partial charge in [0.05, 0.1) is 11.1 Å². The van der Waals surface area contributed by atoms with E-state index in [1.807, 2.05) is 114 Å². The van der Waals surface area contributed by atoms with Crippen LogP contribution in [-0.2, 0) is 4.74 Å². The lowest BCUT2D eigenvalue weighted by Crippen LogP contribution is -2.45. The lowest BCUT2D eigenvalue weighted by molar-refractivity contribution is 0.0750. The summed E-state index contributed by atoms with van der Waals surface area (Å²) in [6.07, 6.45) is -0.281. The lowest BCUT2D eigenvalue weighted by Gasteiger charge is -2.31. The minimum atomic E-state index is -0.578. The van der Waals surface area contributed by atoms with E-state index in [0.717, 1.165) is 11.1 Å². The molecule has 5 nitrogen and oxygen atoms in total. The van der Waals surface area contributed by atoms with Gasteiger partial charge in [-0.3, -0.25) is 19.4 Å². The number of likely N-dealkylation sites (N-methyl/N-ethyl adjacent to an activating group) is 2. The second-order valence-electron chi connectivity index (χ2n) is 9.42. The molecule has 31 heavy (non-hydrogen) atoms. The highest BCUT2D eigenvalue weighted by Gasteiger charge is 2.32. The average Bonchev–Trinajstić information content (AvgIpc) is 2.74. The van der Waals surface area contributed by atoms with Crippen LogP contribution >= 0.6 is 0 Å². The number of carbonyl (C=O) groups excluding carboxylic acids is 2. The van der Waals surface area contributed by atoms with Crippen LogP contribution in [0.2, 0.25) is 0 Å². The molecule has 0 spiro atoms. The zero-order valence-electron chi connectivity index (χ0n) is 20.3. The smallest absolute Gasteiger partial charge is 0.182 e. The Bertz CT molecular complexity index is 835. The van der Waals surface area contributed by atoms with Gasteiger partial charge in [-0.15, -0.1) is 0 Å². The standard InChI is InChI=1S/C26H36N2O3/c1-25(2,27(5)6)23(29)20-14-10-18(11-15-20)22(31-9)19-12-16-21(17-13-19)24(30)26(3,4)28(7)8/h10-17,22H,1-9H3. The third-order valence-electron chi connectivity index (χ3n) is 6.53. The Balaban J connectivity index is 2.27. The number of Topliss-reactive ketones (excluding diaryl/α,β-unsaturated/α-hetero) is 2. The van der Waals surface area contributed by atoms with Crippen LogP contribution in [0.4, 0.5) is 0 Å². The number of hydrogen-bond acceptors (Lipinski definition) is 5. The van der Waals surface area contributed by atoms with Crippen molar-refractivity contribution in [1.82, 2.24) is 9.80 Å². The van der Waals surface area contributed by atoms with Gasteiger partial charge in [0, 0.05) is 18.2 Å². The van der Waals surface area contributed by atoms with Crippen LogP contribution in [0, 0.1) is 0 Å². The molecule has 0 amide bonds. The van der Waals surface area contributed by atoms with E-state index in [-0.39, 0.29) is 17.7 Å². The molecule has 168 valence electrons. The Morgan fingerprint density at radius 3 is 1.19 bits per heavy atom. The molecule has 2 rings (SSSR count). The molecular weight excluding hydrogens is 388 g/mol. The van der Waals surface area contributed by atoms with Crippen LogP contribution in [0.15, 0.2) is 48.5 Å². The van der Waals surface area contributed by atoms with Crippen molar-refractivity contribution in [2.45, 2.75) is 44.9 Å². The number of methoxy groups -OCH3 is 1. The second kappa shape index (κ2) is 9.43. The molecule has 0 fully saturated rings. The predicted octanol–water partition coefficient (Wildman–Crippen LogP) is 4.47. The van der Waals surface area contributed by atoms with Crippen molar-refractivity contribution >= 4 is 11.6 Å². The first-order valence-corrected chi connectivity index (χ1v) is 10.5. The molecule has 0 N–H and O–H groups in total. The number of hydrogen-bond donors (Lipinski definition) is 0. The third-order valence-corrected chi connectivity index (χ3v) is 6.53. The summed E-state index contributed by atoms with van der Waals surface area (Å²) >= 11 is 0. The fraction of sp³-hybridized carbons (Fsp3) is 0.462. The van der Waals surface area contributed by atoms with E-state index < -0.39 is 11.1 Å². The molecule has 2 aromatic carbocycles. The van der Waals surface area contributed by atoms with Crippen LogP contribution in [0.25, 0.3) is 0 Å². The largest absolute Gasteiger partial charge is 0.372 e. The summed E-state index contributed by atoms with van der Waals surface area (Å²) in [6, 6.07) is 15.1. The maximum Gasteiger partial charge on any atom is 0.182 e. The Morgan fingerprint density at radius 2 is 0.968 bits per heavy atom. The summed E-state index contributed by atoms with van der Waals surface area (Å²) in [4.78, 5) is 29.5. The fourth-order valence-corrected chi connectivity index (χ4v) is 3.20. The van der Waals surface area contributed by atoms with Crippen molar-refractivity contribution in [2.24, 2.45) is 0 Å². The molecule has 0 heterocycles. The van der Waals surface area contributed by atoms with Gasteiger partial charge in [0.1, 0.15) is 6.10 Å². The average molecular weight is 425 g/mol. The highest BCUT2D eigenvalue weighted by Crippen LogP contribution is 2.28. The second-order valence-corrected chi connectivity index (χ2v) is 9.42. The number of carbonyl (C=O) groups is 2. The maximum absolute atomic E-state index is 12.9. The first-order valence-electron chi connectivity index (χ1n) is 10.5. The molecule has 0 aliphatic heterocycles. The minimum Gasteiger partial charge on any atom is -0.372 e. The molecule has 2 aromatic rings. The quantitative estimate of drug-likeness (QED) is 0.556. The zero-order chi connectivity index (χ0) is 23.6. The van der Waals surface area contributed by atoms with Gasteiger partial charge >= 0.3 is 0 Å². The molecular formula is C26H36N2O3. The van der Waals surface area contributed by atoms with Crippen LogP contribution in [-0.4, -0.2) is 67.7 Å². The van der Waals surface area contributed by atoms with E-state index in [0.29, 0.717) is 11.1 Å². The van der Waals surface area contributed by atoms with Crippen molar-refractivity contribution in [1.29, 1.82) is 0 Å². The SMILES string of the molecule is COC(c1ccc(C(=O)C(C)(C)N(C)C)cc1)c1ccc(C(=O)C(C)(C)N(C)C)cc1. The summed E-state index contributed by atoms with van der Waals surface area (Å²) in [7, 11) is 9.28. The summed E-state index contributed by atoms with van der Waals surface area (Å²) in [5, 5.41) is 0. The minimum absolute atomic E-state index is 0.0735. The summed E-state index contributed by atoms with van der Waals surface area (Å²) < 4.78 is 5.75. The van der Waals surface area contributed by atoms with Crippen LogP contribution in [0.3, 0.4) is 0 Å². The van der Waals surface area contributed by atoms with Gasteiger partial charge in [0.15, 0.2) is 11.6 Å². The topological polar surface area (TPSA) is 49.9 Å². The molecule has 0 saturated carbocycles. The molecule has 0 aliphatic carbocycles. The first-order chi connectivity index (χ1) is 14.3. The number of ketones is 2. The van der Waals surface area contributed by atoms with Gasteiger partial charge in [-0.1, -0.05) is 48.5 Å². The molecule has 5 heteroatoms.